The van der Waals surface area contributed by atoms with Crippen LogP contribution in [-0.4, -0.2) is 34.9 Å². The van der Waals surface area contributed by atoms with E-state index in [-0.39, 0.29) is 6.09 Å². The number of thiol groups is 1. The van der Waals surface area contributed by atoms with E-state index >= 15 is 0 Å². The molecule has 0 bridgehead atoms. The van der Waals surface area contributed by atoms with Gasteiger partial charge in [0.1, 0.15) is 5.60 Å². The van der Waals surface area contributed by atoms with Crippen molar-refractivity contribution >= 4 is 18.7 Å². The highest BCUT2D eigenvalue weighted by molar-refractivity contribution is 7.80. The van der Waals surface area contributed by atoms with E-state index in [0.29, 0.717) is 11.2 Å². The van der Waals surface area contributed by atoms with Crippen molar-refractivity contribution in [2.24, 2.45) is 5.92 Å². The highest BCUT2D eigenvalue weighted by atomic mass is 32.1. The molecule has 1 unspecified atom stereocenters. The zero-order valence-electron chi connectivity index (χ0n) is 10.7. The number of hydrogen-bond acceptors (Lipinski definition) is 3. The van der Waals surface area contributed by atoms with E-state index in [0.717, 1.165) is 25.9 Å². The smallest absolute Gasteiger partial charge is 0.410 e. The van der Waals surface area contributed by atoms with Gasteiger partial charge in [0.05, 0.1) is 0 Å². The zero-order chi connectivity index (χ0) is 12.3. The fraction of sp³-hybridized carbons (Fsp3) is 0.917. The molecule has 1 rings (SSSR count). The molecule has 0 spiro atoms. The third-order valence-corrected chi connectivity index (χ3v) is 3.30. The Balaban J connectivity index is 2.39. The number of piperidine rings is 1. The molecule has 1 aliphatic heterocycles. The summed E-state index contributed by atoms with van der Waals surface area (Å²) in [6, 6.07) is 0. The third kappa shape index (κ3) is 4.24. The van der Waals surface area contributed by atoms with E-state index in [1.807, 2.05) is 20.8 Å². The minimum absolute atomic E-state index is 0.183. The lowest BCUT2D eigenvalue weighted by atomic mass is 9.94. The molecule has 3 nitrogen and oxygen atoms in total. The summed E-state index contributed by atoms with van der Waals surface area (Å²) in [5.41, 5.74) is -0.398. The predicted octanol–water partition coefficient (Wildman–Crippen LogP) is 2.95. The molecule has 94 valence electrons. The Hall–Kier alpha value is -0.380. The van der Waals surface area contributed by atoms with Gasteiger partial charge in [0.25, 0.3) is 0 Å². The van der Waals surface area contributed by atoms with Crippen molar-refractivity contribution in [3.8, 4) is 0 Å². The highest BCUT2D eigenvalue weighted by Gasteiger charge is 2.27. The predicted molar refractivity (Wildman–Crippen MR) is 69.0 cm³/mol. The van der Waals surface area contributed by atoms with Crippen molar-refractivity contribution in [2.75, 3.05) is 13.1 Å². The maximum atomic E-state index is 11.8. The lowest BCUT2D eigenvalue weighted by Gasteiger charge is -2.34. The SMILES string of the molecule is CC(S)C1CCN(C(=O)OC(C)(C)C)CC1. The van der Waals surface area contributed by atoms with Gasteiger partial charge in [0.2, 0.25) is 0 Å². The molecule has 0 aliphatic carbocycles. The number of amides is 1. The van der Waals surface area contributed by atoms with Gasteiger partial charge in [-0.15, -0.1) is 0 Å². The maximum Gasteiger partial charge on any atom is 0.410 e. The molecule has 0 aromatic rings. The number of hydrogen-bond donors (Lipinski definition) is 1. The molecule has 1 atom stereocenters. The second kappa shape index (κ2) is 5.30. The van der Waals surface area contributed by atoms with Crippen LogP contribution >= 0.6 is 12.6 Å². The van der Waals surface area contributed by atoms with Crippen molar-refractivity contribution in [2.45, 2.75) is 51.4 Å². The number of nitrogens with zero attached hydrogens (tertiary/aromatic N) is 1. The van der Waals surface area contributed by atoms with Crippen LogP contribution in [-0.2, 0) is 4.74 Å². The standard InChI is InChI=1S/C12H23NO2S/c1-9(16)10-5-7-13(8-6-10)11(14)15-12(2,3)4/h9-10,16H,5-8H2,1-4H3. The van der Waals surface area contributed by atoms with Gasteiger partial charge in [-0.2, -0.15) is 12.6 Å². The fourth-order valence-corrected chi connectivity index (χ4v) is 2.19. The van der Waals surface area contributed by atoms with Gasteiger partial charge in [-0.25, -0.2) is 4.79 Å². The van der Waals surface area contributed by atoms with Gasteiger partial charge in [0, 0.05) is 18.3 Å². The topological polar surface area (TPSA) is 29.5 Å². The van der Waals surface area contributed by atoms with E-state index in [4.69, 9.17) is 4.74 Å². The molecule has 16 heavy (non-hydrogen) atoms. The van der Waals surface area contributed by atoms with Crippen molar-refractivity contribution < 1.29 is 9.53 Å². The number of ether oxygens (including phenoxy) is 1. The van der Waals surface area contributed by atoms with Crippen LogP contribution in [0.4, 0.5) is 4.79 Å². The maximum absolute atomic E-state index is 11.8. The van der Waals surface area contributed by atoms with Crippen molar-refractivity contribution in [3.05, 3.63) is 0 Å². The first-order valence-corrected chi connectivity index (χ1v) is 6.47. The van der Waals surface area contributed by atoms with Crippen LogP contribution in [0.2, 0.25) is 0 Å². The van der Waals surface area contributed by atoms with E-state index in [2.05, 4.69) is 19.6 Å². The molecule has 1 amide bonds. The minimum Gasteiger partial charge on any atom is -0.444 e. The molecule has 4 heteroatoms. The number of rotatable bonds is 1. The summed E-state index contributed by atoms with van der Waals surface area (Å²) in [5, 5.41) is 0.417. The van der Waals surface area contributed by atoms with Crippen LogP contribution in [0, 0.1) is 5.92 Å². The Labute approximate surface area is 104 Å². The lowest BCUT2D eigenvalue weighted by molar-refractivity contribution is 0.0184. The number of carbonyl (C=O) groups is 1. The van der Waals surface area contributed by atoms with Gasteiger partial charge < -0.3 is 9.64 Å². The quantitative estimate of drug-likeness (QED) is 0.720. The molecule has 0 radical (unpaired) electrons. The molecular weight excluding hydrogens is 222 g/mol. The van der Waals surface area contributed by atoms with Gasteiger partial charge in [-0.1, -0.05) is 6.92 Å². The van der Waals surface area contributed by atoms with Crippen LogP contribution in [0.15, 0.2) is 0 Å². The van der Waals surface area contributed by atoms with Gasteiger partial charge in [-0.3, -0.25) is 0 Å². The summed E-state index contributed by atoms with van der Waals surface area (Å²) in [5.74, 6) is 0.627. The summed E-state index contributed by atoms with van der Waals surface area (Å²) in [6.07, 6.45) is 1.88. The molecule has 0 aromatic carbocycles. The molecule has 1 fully saturated rings. The summed E-state index contributed by atoms with van der Waals surface area (Å²) < 4.78 is 5.34. The van der Waals surface area contributed by atoms with Crippen LogP contribution in [0.3, 0.4) is 0 Å². The van der Waals surface area contributed by atoms with Crippen LogP contribution in [0.1, 0.15) is 40.5 Å². The normalized spacial score (nSPS) is 20.7. The summed E-state index contributed by atoms with van der Waals surface area (Å²) in [6.45, 7) is 9.40. The van der Waals surface area contributed by atoms with Crippen LogP contribution < -0.4 is 0 Å². The van der Waals surface area contributed by atoms with Gasteiger partial charge >= 0.3 is 6.09 Å². The van der Waals surface area contributed by atoms with Gasteiger partial charge in [0.15, 0.2) is 0 Å². The largest absolute Gasteiger partial charge is 0.444 e. The van der Waals surface area contributed by atoms with Crippen molar-refractivity contribution in [1.82, 2.24) is 4.90 Å². The number of likely N-dealkylation sites (tertiary alicyclic amines) is 1. The second-order valence-corrected chi connectivity index (χ2v) is 6.36. The van der Waals surface area contributed by atoms with E-state index in [1.165, 1.54) is 0 Å². The molecule has 1 heterocycles. The Morgan fingerprint density at radius 3 is 2.25 bits per heavy atom. The first-order chi connectivity index (χ1) is 7.29. The van der Waals surface area contributed by atoms with E-state index in [9.17, 15) is 4.79 Å². The first-order valence-electron chi connectivity index (χ1n) is 5.95. The molecule has 1 saturated heterocycles. The molecule has 0 aromatic heterocycles. The number of carbonyl (C=O) groups excluding carboxylic acids is 1. The summed E-state index contributed by atoms with van der Waals surface area (Å²) >= 11 is 4.46. The highest BCUT2D eigenvalue weighted by Crippen LogP contribution is 2.24. The molecular formula is C12H23NO2S. The third-order valence-electron chi connectivity index (χ3n) is 2.87. The van der Waals surface area contributed by atoms with Crippen molar-refractivity contribution in [3.63, 3.8) is 0 Å². The summed E-state index contributed by atoms with van der Waals surface area (Å²) in [7, 11) is 0. The van der Waals surface area contributed by atoms with E-state index < -0.39 is 5.60 Å². The Morgan fingerprint density at radius 2 is 1.88 bits per heavy atom. The average molecular weight is 245 g/mol. The molecule has 0 N–H and O–H groups in total. The van der Waals surface area contributed by atoms with Crippen molar-refractivity contribution in [1.29, 1.82) is 0 Å². The van der Waals surface area contributed by atoms with E-state index in [1.54, 1.807) is 4.90 Å². The molecule has 1 aliphatic rings. The Bertz CT molecular complexity index is 240. The summed E-state index contributed by atoms with van der Waals surface area (Å²) in [4.78, 5) is 13.6. The zero-order valence-corrected chi connectivity index (χ0v) is 11.6. The van der Waals surface area contributed by atoms with Gasteiger partial charge in [-0.05, 0) is 39.5 Å². The van der Waals surface area contributed by atoms with Crippen LogP contribution in [0.5, 0.6) is 0 Å². The minimum atomic E-state index is -0.398. The first kappa shape index (κ1) is 13.7. The fourth-order valence-electron chi connectivity index (χ4n) is 1.89. The van der Waals surface area contributed by atoms with Crippen LogP contribution in [0.25, 0.3) is 0 Å². The second-order valence-electron chi connectivity index (χ2n) is 5.55. The Kier molecular flexibility index (Phi) is 4.53. The monoisotopic (exact) mass is 245 g/mol. The lowest BCUT2D eigenvalue weighted by Crippen LogP contribution is -2.42. The Morgan fingerprint density at radius 1 is 1.38 bits per heavy atom. The average Bonchev–Trinajstić information content (AvgIpc) is 2.15. The molecule has 0 saturated carbocycles.